The van der Waals surface area contributed by atoms with Gasteiger partial charge in [-0.2, -0.15) is 0 Å². The van der Waals surface area contributed by atoms with Gasteiger partial charge in [-0.25, -0.2) is 0 Å². The predicted octanol–water partition coefficient (Wildman–Crippen LogP) is 3.29. The molecule has 1 aromatic rings. The minimum atomic E-state index is 0.416. The molecule has 1 heterocycles. The molecular formula is C12H21NO. The summed E-state index contributed by atoms with van der Waals surface area (Å²) in [7, 11) is 0. The van der Waals surface area contributed by atoms with Crippen molar-refractivity contribution < 1.29 is 4.42 Å². The Balaban J connectivity index is 3.28. The predicted molar refractivity (Wildman–Crippen MR) is 59.5 cm³/mol. The summed E-state index contributed by atoms with van der Waals surface area (Å²) in [5.41, 5.74) is 8.30. The third-order valence-corrected chi connectivity index (χ3v) is 2.57. The number of aryl methyl sites for hydroxylation is 1. The highest BCUT2D eigenvalue weighted by Gasteiger charge is 2.20. The highest BCUT2D eigenvalue weighted by molar-refractivity contribution is 5.36. The second-order valence-corrected chi connectivity index (χ2v) is 4.43. The number of furan rings is 1. The summed E-state index contributed by atoms with van der Waals surface area (Å²) in [6.45, 7) is 11.3. The molecule has 0 spiro atoms. The molecule has 0 unspecified atom stereocenters. The Morgan fingerprint density at radius 3 is 2.07 bits per heavy atom. The first kappa shape index (κ1) is 11.3. The molecule has 0 aromatic carbocycles. The Morgan fingerprint density at radius 2 is 1.71 bits per heavy atom. The quantitative estimate of drug-likeness (QED) is 0.803. The summed E-state index contributed by atoms with van der Waals surface area (Å²) in [4.78, 5) is 0. The van der Waals surface area contributed by atoms with Gasteiger partial charge in [-0.3, -0.25) is 0 Å². The standard InChI is InChI=1S/C12H21NO/c1-7(2)11-9(5)14-12(8(3)4)10(11)6-13/h7-8H,6,13H2,1-5H3. The summed E-state index contributed by atoms with van der Waals surface area (Å²) in [5, 5.41) is 0. The average Bonchev–Trinajstić information content (AvgIpc) is 2.41. The van der Waals surface area contributed by atoms with E-state index in [2.05, 4.69) is 27.7 Å². The smallest absolute Gasteiger partial charge is 0.111 e. The number of hydrogen-bond donors (Lipinski definition) is 1. The molecule has 0 radical (unpaired) electrons. The van der Waals surface area contributed by atoms with Crippen LogP contribution in [0.3, 0.4) is 0 Å². The number of rotatable bonds is 3. The van der Waals surface area contributed by atoms with Crippen LogP contribution >= 0.6 is 0 Å². The molecule has 0 saturated heterocycles. The molecule has 0 amide bonds. The highest BCUT2D eigenvalue weighted by Crippen LogP contribution is 2.32. The van der Waals surface area contributed by atoms with E-state index in [0.717, 1.165) is 11.5 Å². The maximum Gasteiger partial charge on any atom is 0.111 e. The lowest BCUT2D eigenvalue weighted by atomic mass is 9.95. The Morgan fingerprint density at radius 1 is 1.14 bits per heavy atom. The van der Waals surface area contributed by atoms with Gasteiger partial charge in [0, 0.05) is 23.6 Å². The van der Waals surface area contributed by atoms with Gasteiger partial charge in [-0.15, -0.1) is 0 Å². The van der Waals surface area contributed by atoms with Crippen molar-refractivity contribution in [2.75, 3.05) is 0 Å². The van der Waals surface area contributed by atoms with Crippen molar-refractivity contribution in [3.63, 3.8) is 0 Å². The van der Waals surface area contributed by atoms with E-state index >= 15 is 0 Å². The van der Waals surface area contributed by atoms with E-state index < -0.39 is 0 Å². The van der Waals surface area contributed by atoms with E-state index in [0.29, 0.717) is 18.4 Å². The molecule has 14 heavy (non-hydrogen) atoms. The van der Waals surface area contributed by atoms with Crippen LogP contribution in [0.5, 0.6) is 0 Å². The fourth-order valence-electron chi connectivity index (χ4n) is 2.06. The van der Waals surface area contributed by atoms with Gasteiger partial charge in [-0.1, -0.05) is 27.7 Å². The van der Waals surface area contributed by atoms with Crippen molar-refractivity contribution in [3.8, 4) is 0 Å². The van der Waals surface area contributed by atoms with Gasteiger partial charge in [0.05, 0.1) is 0 Å². The molecule has 80 valence electrons. The molecule has 0 bridgehead atoms. The van der Waals surface area contributed by atoms with Crippen molar-refractivity contribution >= 4 is 0 Å². The second-order valence-electron chi connectivity index (χ2n) is 4.43. The van der Waals surface area contributed by atoms with Gasteiger partial charge >= 0.3 is 0 Å². The van der Waals surface area contributed by atoms with Gasteiger partial charge in [0.15, 0.2) is 0 Å². The summed E-state index contributed by atoms with van der Waals surface area (Å²) < 4.78 is 5.78. The lowest BCUT2D eigenvalue weighted by Crippen LogP contribution is -2.04. The molecule has 0 atom stereocenters. The van der Waals surface area contributed by atoms with Crippen LogP contribution in [0.25, 0.3) is 0 Å². The molecule has 1 aromatic heterocycles. The van der Waals surface area contributed by atoms with E-state index in [9.17, 15) is 0 Å². The van der Waals surface area contributed by atoms with Crippen LogP contribution in [0.2, 0.25) is 0 Å². The van der Waals surface area contributed by atoms with Gasteiger partial charge < -0.3 is 10.2 Å². The zero-order valence-electron chi connectivity index (χ0n) is 9.85. The molecular weight excluding hydrogens is 174 g/mol. The molecule has 2 heteroatoms. The van der Waals surface area contributed by atoms with Crippen LogP contribution in [-0.4, -0.2) is 0 Å². The molecule has 0 saturated carbocycles. The van der Waals surface area contributed by atoms with Gasteiger partial charge in [0.1, 0.15) is 11.5 Å². The summed E-state index contributed by atoms with van der Waals surface area (Å²) in [6, 6.07) is 0. The Hall–Kier alpha value is -0.760. The van der Waals surface area contributed by atoms with E-state index in [1.165, 1.54) is 11.1 Å². The van der Waals surface area contributed by atoms with Crippen molar-refractivity contribution in [2.45, 2.75) is 53.0 Å². The monoisotopic (exact) mass is 195 g/mol. The van der Waals surface area contributed by atoms with E-state index in [1.54, 1.807) is 0 Å². The minimum Gasteiger partial charge on any atom is -0.465 e. The molecule has 0 aliphatic carbocycles. The maximum atomic E-state index is 5.78. The van der Waals surface area contributed by atoms with Gasteiger partial charge in [0.2, 0.25) is 0 Å². The van der Waals surface area contributed by atoms with E-state index in [-0.39, 0.29) is 0 Å². The summed E-state index contributed by atoms with van der Waals surface area (Å²) in [6.07, 6.45) is 0. The van der Waals surface area contributed by atoms with Crippen LogP contribution in [-0.2, 0) is 6.54 Å². The molecule has 0 aliphatic heterocycles. The van der Waals surface area contributed by atoms with Crippen molar-refractivity contribution in [2.24, 2.45) is 5.73 Å². The first-order valence-electron chi connectivity index (χ1n) is 5.31. The van der Waals surface area contributed by atoms with Crippen LogP contribution in [0.15, 0.2) is 4.42 Å². The number of nitrogens with two attached hydrogens (primary N) is 1. The zero-order valence-corrected chi connectivity index (χ0v) is 9.85. The topological polar surface area (TPSA) is 39.2 Å². The average molecular weight is 195 g/mol. The minimum absolute atomic E-state index is 0.416. The molecule has 2 nitrogen and oxygen atoms in total. The first-order valence-corrected chi connectivity index (χ1v) is 5.31. The van der Waals surface area contributed by atoms with Crippen molar-refractivity contribution in [1.82, 2.24) is 0 Å². The molecule has 2 N–H and O–H groups in total. The van der Waals surface area contributed by atoms with E-state index in [4.69, 9.17) is 10.2 Å². The third kappa shape index (κ3) is 1.85. The molecule has 0 fully saturated rings. The van der Waals surface area contributed by atoms with Crippen LogP contribution < -0.4 is 5.73 Å². The SMILES string of the molecule is Cc1oc(C(C)C)c(CN)c1C(C)C. The Bertz CT molecular complexity index is 310. The first-order chi connectivity index (χ1) is 6.49. The molecule has 1 rings (SSSR count). The summed E-state index contributed by atoms with van der Waals surface area (Å²) >= 11 is 0. The molecule has 0 aliphatic rings. The van der Waals surface area contributed by atoms with Crippen molar-refractivity contribution in [1.29, 1.82) is 0 Å². The largest absolute Gasteiger partial charge is 0.465 e. The van der Waals surface area contributed by atoms with Crippen molar-refractivity contribution in [3.05, 3.63) is 22.6 Å². The second kappa shape index (κ2) is 4.18. The maximum absolute atomic E-state index is 5.78. The summed E-state index contributed by atoms with van der Waals surface area (Å²) in [5.74, 6) is 3.00. The van der Waals surface area contributed by atoms with Gasteiger partial charge in [0.25, 0.3) is 0 Å². The Kier molecular flexibility index (Phi) is 3.38. The Labute approximate surface area is 86.5 Å². The van der Waals surface area contributed by atoms with E-state index in [1.807, 2.05) is 6.92 Å². The van der Waals surface area contributed by atoms with Crippen LogP contribution in [0, 0.1) is 6.92 Å². The fourth-order valence-corrected chi connectivity index (χ4v) is 2.06. The number of hydrogen-bond acceptors (Lipinski definition) is 2. The zero-order chi connectivity index (χ0) is 10.9. The normalized spacial score (nSPS) is 11.7. The van der Waals surface area contributed by atoms with Gasteiger partial charge in [-0.05, 0) is 12.8 Å². The lowest BCUT2D eigenvalue weighted by molar-refractivity contribution is 0.457. The van der Waals surface area contributed by atoms with Crippen LogP contribution in [0.1, 0.15) is 62.2 Å². The fraction of sp³-hybridized carbons (Fsp3) is 0.667. The lowest BCUT2D eigenvalue weighted by Gasteiger charge is -2.08. The van der Waals surface area contributed by atoms with Crippen LogP contribution in [0.4, 0.5) is 0 Å². The highest BCUT2D eigenvalue weighted by atomic mass is 16.3. The third-order valence-electron chi connectivity index (χ3n) is 2.57.